The second-order valence-corrected chi connectivity index (χ2v) is 7.63. The van der Waals surface area contributed by atoms with Crippen LogP contribution in [0.5, 0.6) is 5.75 Å². The first-order valence-electron chi connectivity index (χ1n) is 10.1. The maximum absolute atomic E-state index is 13.5. The van der Waals surface area contributed by atoms with E-state index in [0.29, 0.717) is 45.6 Å². The van der Waals surface area contributed by atoms with E-state index in [1.54, 1.807) is 21.9 Å². The van der Waals surface area contributed by atoms with Crippen LogP contribution in [-0.2, 0) is 6.18 Å². The monoisotopic (exact) mass is 474 g/mol. The molecular weight excluding hydrogens is 452 g/mol. The fourth-order valence-electron chi connectivity index (χ4n) is 3.27. The Morgan fingerprint density at radius 3 is 2.69 bits per heavy atom. The zero-order chi connectivity index (χ0) is 23.1. The maximum atomic E-state index is 13.5. The van der Waals surface area contributed by atoms with E-state index in [0.717, 1.165) is 12.3 Å². The summed E-state index contributed by atoms with van der Waals surface area (Å²) >= 11 is 6.04. The highest BCUT2D eigenvalue weighted by Gasteiger charge is 2.32. The minimum Gasteiger partial charge on any atom is -0.490 e. The molecule has 1 N–H and O–H groups in total. The lowest BCUT2D eigenvalue weighted by Gasteiger charge is -2.24. The molecule has 174 valence electrons. The Morgan fingerprint density at radius 1 is 1.19 bits per heavy atom. The highest BCUT2D eigenvalue weighted by molar-refractivity contribution is 6.33. The molecule has 2 amide bonds. The molecule has 1 aromatic heterocycles. The SMILES string of the molecule is O=C(NCCCOc1ccccc1F)N1CCCN(c2ncc(C(F)(F)F)cc2Cl)CC1. The third-order valence-electron chi connectivity index (χ3n) is 4.92. The van der Waals surface area contributed by atoms with E-state index >= 15 is 0 Å². The zero-order valence-electron chi connectivity index (χ0n) is 17.2. The van der Waals surface area contributed by atoms with Crippen molar-refractivity contribution in [3.05, 3.63) is 52.9 Å². The quantitative estimate of drug-likeness (QED) is 0.491. The Labute approximate surface area is 188 Å². The molecule has 2 heterocycles. The molecule has 1 aliphatic rings. The number of hydrogen-bond acceptors (Lipinski definition) is 4. The number of urea groups is 1. The number of para-hydroxylation sites is 1. The fourth-order valence-corrected chi connectivity index (χ4v) is 3.56. The van der Waals surface area contributed by atoms with Gasteiger partial charge in [0.2, 0.25) is 0 Å². The van der Waals surface area contributed by atoms with E-state index in [4.69, 9.17) is 16.3 Å². The first-order valence-corrected chi connectivity index (χ1v) is 10.5. The summed E-state index contributed by atoms with van der Waals surface area (Å²) in [6, 6.07) is 6.72. The van der Waals surface area contributed by atoms with E-state index in [1.807, 2.05) is 0 Å². The number of anilines is 1. The normalized spacial score (nSPS) is 14.8. The third kappa shape index (κ3) is 6.38. The molecule has 0 saturated carbocycles. The lowest BCUT2D eigenvalue weighted by Crippen LogP contribution is -2.42. The zero-order valence-corrected chi connectivity index (χ0v) is 17.9. The van der Waals surface area contributed by atoms with Crippen LogP contribution in [0.2, 0.25) is 5.02 Å². The van der Waals surface area contributed by atoms with Crippen LogP contribution in [0.3, 0.4) is 0 Å². The fraction of sp³-hybridized carbons (Fsp3) is 0.429. The van der Waals surface area contributed by atoms with E-state index in [-0.39, 0.29) is 29.2 Å². The molecule has 0 radical (unpaired) electrons. The number of pyridine rings is 1. The molecule has 1 aliphatic heterocycles. The summed E-state index contributed by atoms with van der Waals surface area (Å²) in [5.41, 5.74) is -0.902. The molecule has 0 aliphatic carbocycles. The molecule has 0 atom stereocenters. The highest BCUT2D eigenvalue weighted by Crippen LogP contribution is 2.33. The van der Waals surface area contributed by atoms with Crippen molar-refractivity contribution in [3.8, 4) is 5.75 Å². The van der Waals surface area contributed by atoms with Crippen LogP contribution in [0.1, 0.15) is 18.4 Å². The molecule has 0 bridgehead atoms. The number of halogens is 5. The van der Waals surface area contributed by atoms with Crippen LogP contribution < -0.4 is 15.0 Å². The lowest BCUT2D eigenvalue weighted by atomic mass is 10.2. The van der Waals surface area contributed by atoms with Gasteiger partial charge in [0.25, 0.3) is 0 Å². The van der Waals surface area contributed by atoms with Gasteiger partial charge in [0.15, 0.2) is 11.6 Å². The highest BCUT2D eigenvalue weighted by atomic mass is 35.5. The Bertz CT molecular complexity index is 929. The summed E-state index contributed by atoms with van der Waals surface area (Å²) in [6.45, 7) is 2.38. The van der Waals surface area contributed by atoms with Crippen LogP contribution in [0.25, 0.3) is 0 Å². The number of nitrogens with zero attached hydrogens (tertiary/aromatic N) is 3. The summed E-state index contributed by atoms with van der Waals surface area (Å²) in [5, 5.41) is 2.72. The predicted octanol–water partition coefficient (Wildman–Crippen LogP) is 4.58. The van der Waals surface area contributed by atoms with Gasteiger partial charge in [-0.3, -0.25) is 0 Å². The van der Waals surface area contributed by atoms with Gasteiger partial charge >= 0.3 is 12.2 Å². The van der Waals surface area contributed by atoms with E-state index in [2.05, 4.69) is 10.3 Å². The van der Waals surface area contributed by atoms with Crippen molar-refractivity contribution in [2.75, 3.05) is 44.2 Å². The third-order valence-corrected chi connectivity index (χ3v) is 5.20. The van der Waals surface area contributed by atoms with Gasteiger partial charge in [-0.1, -0.05) is 23.7 Å². The summed E-state index contributed by atoms with van der Waals surface area (Å²) < 4.78 is 57.3. The Morgan fingerprint density at radius 2 is 1.97 bits per heavy atom. The van der Waals surface area contributed by atoms with E-state index in [9.17, 15) is 22.4 Å². The average molecular weight is 475 g/mol. The Hall–Kier alpha value is -2.75. The number of rotatable bonds is 6. The van der Waals surface area contributed by atoms with Crippen molar-refractivity contribution in [1.29, 1.82) is 0 Å². The van der Waals surface area contributed by atoms with E-state index in [1.165, 1.54) is 12.1 Å². The van der Waals surface area contributed by atoms with Gasteiger partial charge in [-0.2, -0.15) is 13.2 Å². The Balaban J connectivity index is 1.44. The van der Waals surface area contributed by atoms with Crippen LogP contribution in [0.15, 0.2) is 36.5 Å². The van der Waals surface area contributed by atoms with Gasteiger partial charge in [0.05, 0.1) is 17.2 Å². The van der Waals surface area contributed by atoms with Crippen LogP contribution in [0, 0.1) is 5.82 Å². The van der Waals surface area contributed by atoms with Crippen molar-refractivity contribution in [3.63, 3.8) is 0 Å². The molecule has 11 heteroatoms. The average Bonchev–Trinajstić information content (AvgIpc) is 3.00. The minimum atomic E-state index is -4.51. The van der Waals surface area contributed by atoms with Crippen LogP contribution in [0.4, 0.5) is 28.2 Å². The standard InChI is InChI=1S/C21H23ClF4N4O2/c22-16-13-15(21(24,25)26)14-28-19(16)29-8-4-9-30(11-10-29)20(31)27-7-3-12-32-18-6-2-1-5-17(18)23/h1-2,5-6,13-14H,3-4,7-12H2,(H,27,31). The van der Waals surface area contributed by atoms with Crippen LogP contribution >= 0.6 is 11.6 Å². The van der Waals surface area contributed by atoms with Gasteiger partial charge in [-0.25, -0.2) is 14.2 Å². The molecule has 1 fully saturated rings. The van der Waals surface area contributed by atoms with Gasteiger partial charge in [-0.15, -0.1) is 0 Å². The molecule has 2 aromatic rings. The molecular formula is C21H23ClF4N4O2. The molecule has 32 heavy (non-hydrogen) atoms. The van der Waals surface area contributed by atoms with Gasteiger partial charge in [0, 0.05) is 38.9 Å². The number of alkyl halides is 3. The number of nitrogens with one attached hydrogen (secondary N) is 1. The number of benzene rings is 1. The number of amides is 2. The predicted molar refractivity (Wildman–Crippen MR) is 113 cm³/mol. The van der Waals surface area contributed by atoms with Crippen molar-refractivity contribution in [1.82, 2.24) is 15.2 Å². The molecule has 1 aromatic carbocycles. The number of carbonyl (C=O) groups is 1. The second kappa shape index (κ2) is 10.7. The van der Waals surface area contributed by atoms with Crippen LogP contribution in [-0.4, -0.2) is 55.2 Å². The van der Waals surface area contributed by atoms with Crippen molar-refractivity contribution < 1.29 is 27.1 Å². The number of hydrogen-bond donors (Lipinski definition) is 1. The van der Waals surface area contributed by atoms with Gasteiger partial charge in [-0.05, 0) is 31.0 Å². The molecule has 0 spiro atoms. The molecule has 0 unspecified atom stereocenters. The summed E-state index contributed by atoms with van der Waals surface area (Å²) in [4.78, 5) is 19.7. The van der Waals surface area contributed by atoms with Crippen molar-refractivity contribution in [2.45, 2.75) is 19.0 Å². The largest absolute Gasteiger partial charge is 0.490 e. The number of carbonyl (C=O) groups excluding carboxylic acids is 1. The summed E-state index contributed by atoms with van der Waals surface area (Å²) in [7, 11) is 0. The van der Waals surface area contributed by atoms with Gasteiger partial charge < -0.3 is 19.9 Å². The Kier molecular flexibility index (Phi) is 8.00. The molecule has 1 saturated heterocycles. The minimum absolute atomic E-state index is 0.0763. The summed E-state index contributed by atoms with van der Waals surface area (Å²) in [5.74, 6) is 0.00230. The maximum Gasteiger partial charge on any atom is 0.417 e. The lowest BCUT2D eigenvalue weighted by molar-refractivity contribution is -0.137. The molecule has 6 nitrogen and oxygen atoms in total. The topological polar surface area (TPSA) is 57.7 Å². The number of ether oxygens (including phenoxy) is 1. The van der Waals surface area contributed by atoms with Gasteiger partial charge in [0.1, 0.15) is 5.82 Å². The smallest absolute Gasteiger partial charge is 0.417 e. The van der Waals surface area contributed by atoms with Crippen molar-refractivity contribution >= 4 is 23.4 Å². The summed E-state index contributed by atoms with van der Waals surface area (Å²) in [6.07, 6.45) is -2.63. The first kappa shape index (κ1) is 23.9. The second-order valence-electron chi connectivity index (χ2n) is 7.22. The molecule has 3 rings (SSSR count). The van der Waals surface area contributed by atoms with Crippen molar-refractivity contribution in [2.24, 2.45) is 0 Å². The number of aromatic nitrogens is 1. The van der Waals surface area contributed by atoms with E-state index < -0.39 is 17.6 Å². The first-order chi connectivity index (χ1) is 15.3.